The van der Waals surface area contributed by atoms with Gasteiger partial charge in [-0.1, -0.05) is 26.0 Å². The summed E-state index contributed by atoms with van der Waals surface area (Å²) in [5.74, 6) is 0.418. The number of benzene rings is 1. The van der Waals surface area contributed by atoms with Crippen LogP contribution in [-0.2, 0) is 10.2 Å². The molecule has 4 nitrogen and oxygen atoms in total. The van der Waals surface area contributed by atoms with Gasteiger partial charge in [-0.25, -0.2) is 4.39 Å². The minimum Gasteiger partial charge on any atom is -0.207 e. The Labute approximate surface area is 133 Å². The molecule has 0 spiro atoms. The smallest absolute Gasteiger partial charge is 0.207 e. The van der Waals surface area contributed by atoms with E-state index in [9.17, 15) is 12.8 Å². The molecule has 1 aromatic rings. The molecule has 22 heavy (non-hydrogen) atoms. The lowest BCUT2D eigenvalue weighted by Crippen LogP contribution is -2.48. The van der Waals surface area contributed by atoms with Gasteiger partial charge in [0, 0.05) is 26.2 Å². The molecule has 1 aliphatic heterocycles. The fourth-order valence-electron chi connectivity index (χ4n) is 3.13. The van der Waals surface area contributed by atoms with Crippen LogP contribution in [0, 0.1) is 17.7 Å². The Morgan fingerprint density at radius 1 is 1.18 bits per heavy atom. The average Bonchev–Trinajstić information content (AvgIpc) is 2.45. The number of halogens is 1. The van der Waals surface area contributed by atoms with E-state index in [1.807, 2.05) is 6.92 Å². The molecular weight excluding hydrogens is 303 g/mol. The van der Waals surface area contributed by atoms with Gasteiger partial charge in [-0.3, -0.25) is 0 Å². The molecule has 124 valence electrons. The van der Waals surface area contributed by atoms with E-state index in [2.05, 4.69) is 13.8 Å². The first-order valence-corrected chi connectivity index (χ1v) is 9.10. The van der Waals surface area contributed by atoms with Crippen LogP contribution < -0.4 is 0 Å². The maximum absolute atomic E-state index is 13.0. The summed E-state index contributed by atoms with van der Waals surface area (Å²) in [6.07, 6.45) is 1.06. The van der Waals surface area contributed by atoms with Crippen molar-refractivity contribution >= 4 is 10.2 Å². The zero-order valence-corrected chi connectivity index (χ0v) is 14.5. The maximum Gasteiger partial charge on any atom is 0.282 e. The molecule has 3 atom stereocenters. The first-order valence-electron chi connectivity index (χ1n) is 7.70. The Morgan fingerprint density at radius 3 is 2.18 bits per heavy atom. The van der Waals surface area contributed by atoms with Crippen LogP contribution in [0.3, 0.4) is 0 Å². The standard InChI is InChI=1S/C16H25FN2O2S/c1-12-9-13(2)11-19(10-12)22(20,21)18(4)14(3)15-5-7-16(17)8-6-15/h5-8,12-14H,9-11H2,1-4H3. The van der Waals surface area contributed by atoms with E-state index in [0.717, 1.165) is 12.0 Å². The van der Waals surface area contributed by atoms with Crippen molar-refractivity contribution in [3.8, 4) is 0 Å². The number of nitrogens with zero attached hydrogens (tertiary/aromatic N) is 2. The summed E-state index contributed by atoms with van der Waals surface area (Å²) in [7, 11) is -1.92. The van der Waals surface area contributed by atoms with Gasteiger partial charge in [0.25, 0.3) is 10.2 Å². The van der Waals surface area contributed by atoms with Gasteiger partial charge < -0.3 is 0 Å². The van der Waals surface area contributed by atoms with E-state index in [-0.39, 0.29) is 11.9 Å². The predicted molar refractivity (Wildman–Crippen MR) is 86.0 cm³/mol. The molecule has 2 rings (SSSR count). The third-order valence-corrected chi connectivity index (χ3v) is 6.42. The molecule has 1 fully saturated rings. The Balaban J connectivity index is 2.19. The molecule has 0 bridgehead atoms. The summed E-state index contributed by atoms with van der Waals surface area (Å²) in [5.41, 5.74) is 0.783. The lowest BCUT2D eigenvalue weighted by Gasteiger charge is -2.37. The highest BCUT2D eigenvalue weighted by Crippen LogP contribution is 2.28. The summed E-state index contributed by atoms with van der Waals surface area (Å²) < 4.78 is 41.6. The number of hydrogen-bond donors (Lipinski definition) is 0. The molecule has 6 heteroatoms. The molecular formula is C16H25FN2O2S. The van der Waals surface area contributed by atoms with Crippen molar-refractivity contribution in [2.75, 3.05) is 20.1 Å². The van der Waals surface area contributed by atoms with E-state index >= 15 is 0 Å². The zero-order chi connectivity index (χ0) is 16.5. The molecule has 0 amide bonds. The van der Waals surface area contributed by atoms with Crippen molar-refractivity contribution in [1.29, 1.82) is 0 Å². The SMILES string of the molecule is CC1CC(C)CN(S(=O)(=O)N(C)C(C)c2ccc(F)cc2)C1. The maximum atomic E-state index is 13.0. The number of hydrogen-bond acceptors (Lipinski definition) is 2. The quantitative estimate of drug-likeness (QED) is 0.852. The molecule has 0 N–H and O–H groups in total. The highest BCUT2D eigenvalue weighted by molar-refractivity contribution is 7.86. The topological polar surface area (TPSA) is 40.6 Å². The summed E-state index contributed by atoms with van der Waals surface area (Å²) in [5, 5.41) is 0. The Morgan fingerprint density at radius 2 is 1.68 bits per heavy atom. The lowest BCUT2D eigenvalue weighted by molar-refractivity contribution is 0.207. The molecule has 0 saturated carbocycles. The third kappa shape index (κ3) is 3.67. The van der Waals surface area contributed by atoms with Gasteiger partial charge in [0.05, 0.1) is 0 Å². The van der Waals surface area contributed by atoms with Crippen LogP contribution in [0.25, 0.3) is 0 Å². The van der Waals surface area contributed by atoms with Crippen LogP contribution >= 0.6 is 0 Å². The summed E-state index contributed by atoms with van der Waals surface area (Å²) in [6.45, 7) is 7.12. The molecule has 0 radical (unpaired) electrons. The number of piperidine rings is 1. The van der Waals surface area contributed by atoms with Gasteiger partial charge in [0.1, 0.15) is 5.82 Å². The first-order chi connectivity index (χ1) is 10.2. The van der Waals surface area contributed by atoms with Gasteiger partial charge in [0.15, 0.2) is 0 Å². The van der Waals surface area contributed by atoms with Gasteiger partial charge in [-0.2, -0.15) is 17.0 Å². The Hall–Kier alpha value is -0.980. The van der Waals surface area contributed by atoms with E-state index in [4.69, 9.17) is 0 Å². The largest absolute Gasteiger partial charge is 0.282 e. The predicted octanol–water partition coefficient (Wildman–Crippen LogP) is 3.04. The van der Waals surface area contributed by atoms with Crippen LogP contribution in [0.2, 0.25) is 0 Å². The molecule has 0 aromatic heterocycles. The van der Waals surface area contributed by atoms with Crippen LogP contribution in [0.15, 0.2) is 24.3 Å². The van der Waals surface area contributed by atoms with Gasteiger partial charge in [0.2, 0.25) is 0 Å². The van der Waals surface area contributed by atoms with Crippen LogP contribution in [0.4, 0.5) is 4.39 Å². The van der Waals surface area contributed by atoms with Crippen molar-refractivity contribution in [2.24, 2.45) is 11.8 Å². The van der Waals surface area contributed by atoms with Crippen molar-refractivity contribution in [1.82, 2.24) is 8.61 Å². The van der Waals surface area contributed by atoms with Crippen molar-refractivity contribution in [3.63, 3.8) is 0 Å². The Bertz CT molecular complexity index is 593. The Kier molecular flexibility index (Phi) is 5.25. The second-order valence-corrected chi connectivity index (χ2v) is 8.50. The zero-order valence-electron chi connectivity index (χ0n) is 13.7. The third-order valence-electron chi connectivity index (χ3n) is 4.42. The van der Waals surface area contributed by atoms with Crippen molar-refractivity contribution < 1.29 is 12.8 Å². The van der Waals surface area contributed by atoms with E-state index in [0.29, 0.717) is 24.9 Å². The normalized spacial score (nSPS) is 25.4. The second kappa shape index (κ2) is 6.64. The highest BCUT2D eigenvalue weighted by atomic mass is 32.2. The first kappa shape index (κ1) is 17.4. The molecule has 3 unspecified atom stereocenters. The van der Waals surface area contributed by atoms with E-state index in [1.165, 1.54) is 16.4 Å². The fraction of sp³-hybridized carbons (Fsp3) is 0.625. The van der Waals surface area contributed by atoms with Crippen molar-refractivity contribution in [3.05, 3.63) is 35.6 Å². The monoisotopic (exact) mass is 328 g/mol. The lowest BCUT2D eigenvalue weighted by atomic mass is 9.94. The minimum absolute atomic E-state index is 0.319. The minimum atomic E-state index is -3.51. The van der Waals surface area contributed by atoms with Crippen LogP contribution in [-0.4, -0.2) is 37.2 Å². The van der Waals surface area contributed by atoms with Crippen molar-refractivity contribution in [2.45, 2.75) is 33.2 Å². The molecule has 1 aromatic carbocycles. The van der Waals surface area contributed by atoms with Crippen LogP contribution in [0.5, 0.6) is 0 Å². The van der Waals surface area contributed by atoms with E-state index < -0.39 is 10.2 Å². The summed E-state index contributed by atoms with van der Waals surface area (Å²) in [6, 6.07) is 5.65. The molecule has 1 heterocycles. The molecule has 1 aliphatic rings. The average molecular weight is 328 g/mol. The van der Waals surface area contributed by atoms with Crippen LogP contribution in [0.1, 0.15) is 38.8 Å². The highest BCUT2D eigenvalue weighted by Gasteiger charge is 2.35. The number of rotatable bonds is 4. The fourth-order valence-corrected chi connectivity index (χ4v) is 4.90. The van der Waals surface area contributed by atoms with Gasteiger partial charge >= 0.3 is 0 Å². The second-order valence-electron chi connectivity index (χ2n) is 6.51. The molecule has 1 saturated heterocycles. The van der Waals surface area contributed by atoms with E-state index in [1.54, 1.807) is 23.5 Å². The van der Waals surface area contributed by atoms with Gasteiger partial charge in [-0.05, 0) is 42.9 Å². The summed E-state index contributed by atoms with van der Waals surface area (Å²) in [4.78, 5) is 0. The van der Waals surface area contributed by atoms with Gasteiger partial charge in [-0.15, -0.1) is 0 Å². The summed E-state index contributed by atoms with van der Waals surface area (Å²) >= 11 is 0. The molecule has 0 aliphatic carbocycles.